The molecule has 0 amide bonds. The Morgan fingerprint density at radius 1 is 1.07 bits per heavy atom. The molecular formula is C21H24FN3OS. The SMILES string of the molecule is CCn1c(SCc2ccc(F)cc2)nnc1C(C)Oc1ccc(C)c(C)c1. The van der Waals surface area contributed by atoms with Crippen LogP contribution in [0.3, 0.4) is 0 Å². The van der Waals surface area contributed by atoms with E-state index in [1.165, 1.54) is 23.3 Å². The van der Waals surface area contributed by atoms with E-state index in [0.29, 0.717) is 5.75 Å². The van der Waals surface area contributed by atoms with Crippen molar-refractivity contribution in [2.45, 2.75) is 51.3 Å². The third-order valence-corrected chi connectivity index (χ3v) is 5.54. The van der Waals surface area contributed by atoms with E-state index in [-0.39, 0.29) is 11.9 Å². The fourth-order valence-electron chi connectivity index (χ4n) is 2.78. The fraction of sp³-hybridized carbons (Fsp3) is 0.333. The van der Waals surface area contributed by atoms with Gasteiger partial charge in [0.15, 0.2) is 17.1 Å². The Morgan fingerprint density at radius 2 is 1.81 bits per heavy atom. The number of ether oxygens (including phenoxy) is 1. The molecule has 1 unspecified atom stereocenters. The van der Waals surface area contributed by atoms with Crippen LogP contribution in [0.1, 0.15) is 42.5 Å². The van der Waals surface area contributed by atoms with Crippen molar-refractivity contribution in [1.29, 1.82) is 0 Å². The molecule has 142 valence electrons. The van der Waals surface area contributed by atoms with Crippen LogP contribution in [0.15, 0.2) is 47.6 Å². The second kappa shape index (κ2) is 8.57. The molecule has 1 heterocycles. The standard InChI is InChI=1S/C21H24FN3OS/c1-5-25-20(16(4)26-19-11-6-14(2)15(3)12-19)23-24-21(25)27-13-17-7-9-18(22)10-8-17/h6-12,16H,5,13H2,1-4H3. The van der Waals surface area contributed by atoms with Gasteiger partial charge in [-0.15, -0.1) is 10.2 Å². The van der Waals surface area contributed by atoms with Gasteiger partial charge < -0.3 is 9.30 Å². The molecule has 0 radical (unpaired) electrons. The normalized spacial score (nSPS) is 12.2. The Hall–Kier alpha value is -2.34. The molecular weight excluding hydrogens is 361 g/mol. The lowest BCUT2D eigenvalue weighted by Gasteiger charge is -2.16. The molecule has 0 saturated carbocycles. The maximum Gasteiger partial charge on any atom is 0.191 e. The number of rotatable bonds is 7. The van der Waals surface area contributed by atoms with Crippen molar-refractivity contribution in [3.8, 4) is 5.75 Å². The van der Waals surface area contributed by atoms with E-state index in [4.69, 9.17) is 4.74 Å². The summed E-state index contributed by atoms with van der Waals surface area (Å²) in [7, 11) is 0. The van der Waals surface area contributed by atoms with Crippen molar-refractivity contribution in [1.82, 2.24) is 14.8 Å². The highest BCUT2D eigenvalue weighted by atomic mass is 32.2. The van der Waals surface area contributed by atoms with Crippen LogP contribution in [0, 0.1) is 19.7 Å². The van der Waals surface area contributed by atoms with Crippen molar-refractivity contribution in [2.75, 3.05) is 0 Å². The summed E-state index contributed by atoms with van der Waals surface area (Å²) >= 11 is 1.59. The van der Waals surface area contributed by atoms with Crippen LogP contribution < -0.4 is 4.74 Å². The van der Waals surface area contributed by atoms with Gasteiger partial charge in [-0.1, -0.05) is 30.0 Å². The van der Waals surface area contributed by atoms with E-state index in [2.05, 4.69) is 41.6 Å². The molecule has 6 heteroatoms. The second-order valence-corrected chi connectivity index (χ2v) is 7.45. The summed E-state index contributed by atoms with van der Waals surface area (Å²) in [6.07, 6.45) is -0.209. The molecule has 4 nitrogen and oxygen atoms in total. The molecule has 27 heavy (non-hydrogen) atoms. The molecule has 3 aromatic rings. The first-order valence-corrected chi connectivity index (χ1v) is 10.0. The minimum atomic E-state index is -0.222. The molecule has 1 aromatic heterocycles. The van der Waals surface area contributed by atoms with Crippen molar-refractivity contribution >= 4 is 11.8 Å². The number of hydrogen-bond donors (Lipinski definition) is 0. The van der Waals surface area contributed by atoms with Crippen LogP contribution in [0.25, 0.3) is 0 Å². The summed E-state index contributed by atoms with van der Waals surface area (Å²) in [6.45, 7) is 8.97. The maximum absolute atomic E-state index is 13.0. The molecule has 0 aliphatic heterocycles. The molecule has 0 N–H and O–H groups in total. The second-order valence-electron chi connectivity index (χ2n) is 6.51. The van der Waals surface area contributed by atoms with Crippen molar-refractivity contribution < 1.29 is 9.13 Å². The Morgan fingerprint density at radius 3 is 2.48 bits per heavy atom. The minimum Gasteiger partial charge on any atom is -0.483 e. The summed E-state index contributed by atoms with van der Waals surface area (Å²) in [5.41, 5.74) is 3.49. The molecule has 2 aromatic carbocycles. The summed E-state index contributed by atoms with van der Waals surface area (Å²) in [6, 6.07) is 12.6. The van der Waals surface area contributed by atoms with Gasteiger partial charge in [-0.3, -0.25) is 0 Å². The Balaban J connectivity index is 1.72. The van der Waals surface area contributed by atoms with Crippen LogP contribution >= 0.6 is 11.8 Å². The molecule has 0 aliphatic rings. The van der Waals surface area contributed by atoms with E-state index < -0.39 is 0 Å². The minimum absolute atomic E-state index is 0.209. The summed E-state index contributed by atoms with van der Waals surface area (Å²) < 4.78 is 21.2. The monoisotopic (exact) mass is 385 g/mol. The zero-order valence-electron chi connectivity index (χ0n) is 16.1. The number of thioether (sulfide) groups is 1. The van der Waals surface area contributed by atoms with Gasteiger partial charge in [0.2, 0.25) is 0 Å². The van der Waals surface area contributed by atoms with Gasteiger partial charge in [-0.05, 0) is 68.7 Å². The van der Waals surface area contributed by atoms with Crippen LogP contribution in [0.2, 0.25) is 0 Å². The first kappa shape index (κ1) is 19.4. The summed E-state index contributed by atoms with van der Waals surface area (Å²) in [4.78, 5) is 0. The third-order valence-electron chi connectivity index (χ3n) is 4.50. The van der Waals surface area contributed by atoms with Gasteiger partial charge >= 0.3 is 0 Å². The number of nitrogens with zero attached hydrogens (tertiary/aromatic N) is 3. The topological polar surface area (TPSA) is 39.9 Å². The average molecular weight is 386 g/mol. The van der Waals surface area contributed by atoms with Gasteiger partial charge in [0.05, 0.1) is 0 Å². The predicted molar refractivity (Wildman–Crippen MR) is 107 cm³/mol. The van der Waals surface area contributed by atoms with E-state index in [0.717, 1.165) is 28.8 Å². The number of hydrogen-bond acceptors (Lipinski definition) is 4. The molecule has 0 spiro atoms. The molecule has 0 saturated heterocycles. The van der Waals surface area contributed by atoms with Gasteiger partial charge in [-0.2, -0.15) is 0 Å². The lowest BCUT2D eigenvalue weighted by atomic mass is 10.1. The third kappa shape index (κ3) is 4.69. The van der Waals surface area contributed by atoms with Crippen molar-refractivity contribution in [3.05, 3.63) is 70.8 Å². The van der Waals surface area contributed by atoms with Crippen molar-refractivity contribution in [2.24, 2.45) is 0 Å². The van der Waals surface area contributed by atoms with E-state index in [9.17, 15) is 4.39 Å². The Labute approximate surface area is 163 Å². The Bertz CT molecular complexity index is 908. The zero-order chi connectivity index (χ0) is 19.4. The summed E-state index contributed by atoms with van der Waals surface area (Å²) in [5, 5.41) is 9.53. The van der Waals surface area contributed by atoms with Crippen LogP contribution in [0.4, 0.5) is 4.39 Å². The fourth-order valence-corrected chi connectivity index (χ4v) is 3.74. The first-order valence-electron chi connectivity index (χ1n) is 9.02. The Kier molecular flexibility index (Phi) is 6.16. The van der Waals surface area contributed by atoms with Crippen LogP contribution in [-0.2, 0) is 12.3 Å². The molecule has 0 bridgehead atoms. The van der Waals surface area contributed by atoms with Crippen molar-refractivity contribution in [3.63, 3.8) is 0 Å². The predicted octanol–water partition coefficient (Wildman–Crippen LogP) is 5.49. The molecule has 0 aliphatic carbocycles. The number of aryl methyl sites for hydroxylation is 2. The first-order chi connectivity index (χ1) is 13.0. The quantitative estimate of drug-likeness (QED) is 0.505. The van der Waals surface area contributed by atoms with E-state index in [1.807, 2.05) is 19.1 Å². The van der Waals surface area contributed by atoms with Crippen LogP contribution in [-0.4, -0.2) is 14.8 Å². The lowest BCUT2D eigenvalue weighted by Crippen LogP contribution is -2.12. The van der Waals surface area contributed by atoms with Gasteiger partial charge in [0.1, 0.15) is 11.6 Å². The molecule has 0 fully saturated rings. The smallest absolute Gasteiger partial charge is 0.191 e. The van der Waals surface area contributed by atoms with E-state index >= 15 is 0 Å². The van der Waals surface area contributed by atoms with E-state index in [1.54, 1.807) is 23.9 Å². The van der Waals surface area contributed by atoms with Gasteiger partial charge in [0.25, 0.3) is 0 Å². The van der Waals surface area contributed by atoms with Gasteiger partial charge in [-0.25, -0.2) is 4.39 Å². The zero-order valence-corrected chi connectivity index (χ0v) is 16.9. The average Bonchev–Trinajstić information content (AvgIpc) is 3.07. The highest BCUT2D eigenvalue weighted by Gasteiger charge is 2.19. The lowest BCUT2D eigenvalue weighted by molar-refractivity contribution is 0.209. The van der Waals surface area contributed by atoms with Crippen LogP contribution in [0.5, 0.6) is 5.75 Å². The summed E-state index contributed by atoms with van der Waals surface area (Å²) in [5.74, 6) is 2.12. The number of aromatic nitrogens is 3. The van der Waals surface area contributed by atoms with Gasteiger partial charge in [0, 0.05) is 12.3 Å². The molecule has 1 atom stereocenters. The molecule has 3 rings (SSSR count). The largest absolute Gasteiger partial charge is 0.483 e. The maximum atomic E-state index is 13.0. The highest BCUT2D eigenvalue weighted by molar-refractivity contribution is 7.98. The number of benzene rings is 2. The highest BCUT2D eigenvalue weighted by Crippen LogP contribution is 2.27. The number of halogens is 1.